The van der Waals surface area contributed by atoms with Gasteiger partial charge in [0.15, 0.2) is 0 Å². The molecule has 0 spiro atoms. The zero-order valence-electron chi connectivity index (χ0n) is 17.8. The molecule has 0 bridgehead atoms. The van der Waals surface area contributed by atoms with E-state index in [2.05, 4.69) is 45.4 Å². The van der Waals surface area contributed by atoms with Crippen LogP contribution in [0.25, 0.3) is 11.1 Å². The third-order valence-electron chi connectivity index (χ3n) is 5.69. The maximum Gasteiger partial charge on any atom is 0.229 e. The second kappa shape index (κ2) is 9.12. The number of hydrogen-bond acceptors (Lipinski definition) is 5. The van der Waals surface area contributed by atoms with Crippen LogP contribution in [0.4, 0.5) is 5.69 Å². The van der Waals surface area contributed by atoms with Crippen LogP contribution in [-0.2, 0) is 16.0 Å². The summed E-state index contributed by atoms with van der Waals surface area (Å²) in [4.78, 5) is 27.3. The number of piperidine rings is 1. The number of benzene rings is 2. The van der Waals surface area contributed by atoms with Gasteiger partial charge in [0.1, 0.15) is 11.4 Å². The van der Waals surface area contributed by atoms with E-state index >= 15 is 0 Å². The molecule has 0 unspecified atom stereocenters. The van der Waals surface area contributed by atoms with Crippen LogP contribution in [0.1, 0.15) is 29.8 Å². The molecular formula is C24H26N4O3. The van der Waals surface area contributed by atoms with E-state index in [-0.39, 0.29) is 24.2 Å². The number of likely N-dealkylation sites (tertiary alicyclic amines) is 1. The minimum absolute atomic E-state index is 0.0572. The average molecular weight is 418 g/mol. The molecular weight excluding hydrogens is 392 g/mol. The van der Waals surface area contributed by atoms with Crippen LogP contribution in [0, 0.1) is 19.8 Å². The molecule has 1 saturated heterocycles. The number of aromatic nitrogens is 2. The number of nitrogens with zero attached hydrogens (tertiary/aromatic N) is 3. The first-order chi connectivity index (χ1) is 15.0. The van der Waals surface area contributed by atoms with Crippen LogP contribution in [0.15, 0.2) is 53.2 Å². The Bertz CT molecular complexity index is 1090. The second-order valence-corrected chi connectivity index (χ2v) is 8.09. The van der Waals surface area contributed by atoms with Crippen LogP contribution in [0.2, 0.25) is 0 Å². The van der Waals surface area contributed by atoms with E-state index in [1.165, 1.54) is 5.56 Å². The van der Waals surface area contributed by atoms with E-state index < -0.39 is 0 Å². The van der Waals surface area contributed by atoms with Crippen molar-refractivity contribution < 1.29 is 14.2 Å². The monoisotopic (exact) mass is 418 g/mol. The Morgan fingerprint density at radius 3 is 2.61 bits per heavy atom. The third-order valence-corrected chi connectivity index (χ3v) is 5.69. The number of carbonyl (C=O) groups is 2. The molecule has 0 saturated carbocycles. The van der Waals surface area contributed by atoms with E-state index in [0.717, 1.165) is 29.7 Å². The van der Waals surface area contributed by atoms with Gasteiger partial charge < -0.3 is 10.2 Å². The average Bonchev–Trinajstić information content (AvgIpc) is 3.18. The molecule has 31 heavy (non-hydrogen) atoms. The van der Waals surface area contributed by atoms with Crippen molar-refractivity contribution in [1.82, 2.24) is 15.2 Å². The Labute approximate surface area is 181 Å². The molecule has 1 fully saturated rings. The van der Waals surface area contributed by atoms with Crippen LogP contribution in [0.3, 0.4) is 0 Å². The Hall–Kier alpha value is -3.48. The van der Waals surface area contributed by atoms with Crippen LogP contribution >= 0.6 is 0 Å². The minimum Gasteiger partial charge on any atom is -0.342 e. The van der Waals surface area contributed by atoms with Gasteiger partial charge in [-0.3, -0.25) is 9.59 Å². The van der Waals surface area contributed by atoms with Crippen LogP contribution in [0.5, 0.6) is 0 Å². The first kappa shape index (κ1) is 20.8. The Morgan fingerprint density at radius 2 is 1.87 bits per heavy atom. The molecule has 4 rings (SSSR count). The Morgan fingerprint density at radius 1 is 1.10 bits per heavy atom. The number of anilines is 1. The van der Waals surface area contributed by atoms with Gasteiger partial charge in [0.05, 0.1) is 12.3 Å². The molecule has 0 aliphatic carbocycles. The lowest BCUT2D eigenvalue weighted by atomic mass is 9.96. The zero-order valence-corrected chi connectivity index (χ0v) is 17.8. The van der Waals surface area contributed by atoms with Gasteiger partial charge in [-0.05, 0) is 49.9 Å². The highest BCUT2D eigenvalue weighted by atomic mass is 16.6. The van der Waals surface area contributed by atoms with Gasteiger partial charge in [-0.15, -0.1) is 0 Å². The van der Waals surface area contributed by atoms with Crippen LogP contribution in [-0.4, -0.2) is 40.1 Å². The molecule has 2 amide bonds. The van der Waals surface area contributed by atoms with Crippen molar-refractivity contribution in [2.45, 2.75) is 33.1 Å². The lowest BCUT2D eigenvalue weighted by Gasteiger charge is -2.32. The van der Waals surface area contributed by atoms with Gasteiger partial charge in [0, 0.05) is 18.8 Å². The lowest BCUT2D eigenvalue weighted by Crippen LogP contribution is -2.44. The first-order valence-corrected chi connectivity index (χ1v) is 10.5. The molecule has 1 atom stereocenters. The summed E-state index contributed by atoms with van der Waals surface area (Å²) in [6, 6.07) is 16.1. The number of carbonyl (C=O) groups excluding carboxylic acids is 2. The predicted octanol–water partition coefficient (Wildman–Crippen LogP) is 3.77. The molecule has 1 aliphatic heterocycles. The number of amides is 2. The molecule has 3 aromatic rings. The number of hydrogen-bond donors (Lipinski definition) is 1. The van der Waals surface area contributed by atoms with Crippen molar-refractivity contribution in [2.24, 2.45) is 5.92 Å². The van der Waals surface area contributed by atoms with E-state index in [0.29, 0.717) is 24.5 Å². The van der Waals surface area contributed by atoms with Crippen molar-refractivity contribution in [1.29, 1.82) is 0 Å². The zero-order chi connectivity index (χ0) is 21.8. The molecule has 7 heteroatoms. The first-order valence-electron chi connectivity index (χ1n) is 10.5. The summed E-state index contributed by atoms with van der Waals surface area (Å²) in [5.41, 5.74) is 5.28. The summed E-state index contributed by atoms with van der Waals surface area (Å²) in [6.45, 7) is 4.88. The summed E-state index contributed by atoms with van der Waals surface area (Å²) >= 11 is 0. The van der Waals surface area contributed by atoms with Crippen molar-refractivity contribution >= 4 is 17.5 Å². The van der Waals surface area contributed by atoms with E-state index in [9.17, 15) is 9.59 Å². The van der Waals surface area contributed by atoms with Crippen molar-refractivity contribution in [3.63, 3.8) is 0 Å². The smallest absolute Gasteiger partial charge is 0.229 e. The summed E-state index contributed by atoms with van der Waals surface area (Å²) in [7, 11) is 0. The highest BCUT2D eigenvalue weighted by molar-refractivity contribution is 5.94. The van der Waals surface area contributed by atoms with Gasteiger partial charge >= 0.3 is 0 Å². The van der Waals surface area contributed by atoms with Crippen LogP contribution < -0.4 is 5.32 Å². The largest absolute Gasteiger partial charge is 0.342 e. The maximum absolute atomic E-state index is 12.9. The summed E-state index contributed by atoms with van der Waals surface area (Å²) in [5, 5.41) is 10.5. The van der Waals surface area contributed by atoms with Gasteiger partial charge in [-0.2, -0.15) is 0 Å². The summed E-state index contributed by atoms with van der Waals surface area (Å²) < 4.78 is 4.67. The Kier molecular flexibility index (Phi) is 6.11. The highest BCUT2D eigenvalue weighted by Crippen LogP contribution is 2.25. The quantitative estimate of drug-likeness (QED) is 0.681. The second-order valence-electron chi connectivity index (χ2n) is 8.09. The van der Waals surface area contributed by atoms with Gasteiger partial charge in [0.25, 0.3) is 0 Å². The van der Waals surface area contributed by atoms with Gasteiger partial charge in [-0.25, -0.2) is 4.63 Å². The number of nitrogens with one attached hydrogen (secondary N) is 1. The highest BCUT2D eigenvalue weighted by Gasteiger charge is 2.29. The van der Waals surface area contributed by atoms with Gasteiger partial charge in [-0.1, -0.05) is 52.3 Å². The topological polar surface area (TPSA) is 88.3 Å². The standard InChI is InChI=1S/C24H26N4O3/c1-16-6-3-7-18(12-16)19-8-4-10-21(13-19)25-24(30)20-9-5-11-28(15-20)23(29)14-22-17(2)26-31-27-22/h3-4,6-8,10,12-13,20H,5,9,11,14-15H2,1-2H3,(H,25,30)/t20-/m1/s1. The van der Waals surface area contributed by atoms with Crippen molar-refractivity contribution in [3.8, 4) is 11.1 Å². The molecule has 1 aliphatic rings. The van der Waals surface area contributed by atoms with Crippen molar-refractivity contribution in [2.75, 3.05) is 18.4 Å². The van der Waals surface area contributed by atoms with E-state index in [1.54, 1.807) is 11.8 Å². The number of rotatable bonds is 5. The molecule has 7 nitrogen and oxygen atoms in total. The maximum atomic E-state index is 12.9. The lowest BCUT2D eigenvalue weighted by molar-refractivity contribution is -0.134. The fourth-order valence-electron chi connectivity index (χ4n) is 3.93. The van der Waals surface area contributed by atoms with Gasteiger partial charge in [0.2, 0.25) is 11.8 Å². The minimum atomic E-state index is -0.239. The van der Waals surface area contributed by atoms with E-state index in [1.807, 2.05) is 30.3 Å². The Balaban J connectivity index is 1.40. The molecule has 1 aromatic heterocycles. The van der Waals surface area contributed by atoms with E-state index in [4.69, 9.17) is 0 Å². The summed E-state index contributed by atoms with van der Waals surface area (Å²) in [6.07, 6.45) is 1.70. The number of aryl methyl sites for hydroxylation is 2. The molecule has 160 valence electrons. The molecule has 1 N–H and O–H groups in total. The summed E-state index contributed by atoms with van der Waals surface area (Å²) in [5.74, 6) is -0.354. The predicted molar refractivity (Wildman–Crippen MR) is 117 cm³/mol. The van der Waals surface area contributed by atoms with Crippen molar-refractivity contribution in [3.05, 3.63) is 65.5 Å². The fraction of sp³-hybridized carbons (Fsp3) is 0.333. The third kappa shape index (κ3) is 4.99. The molecule has 0 radical (unpaired) electrons. The fourth-order valence-corrected chi connectivity index (χ4v) is 3.93. The molecule has 2 aromatic carbocycles. The molecule has 2 heterocycles. The SMILES string of the molecule is Cc1cccc(-c2cccc(NC(=O)[C@@H]3CCCN(C(=O)Cc4nonc4C)C3)c2)c1. The normalized spacial score (nSPS) is 16.2.